The molecule has 2 saturated heterocycles. The molecule has 2 aromatic carbocycles. The van der Waals surface area contributed by atoms with Crippen molar-refractivity contribution in [3.63, 3.8) is 0 Å². The van der Waals surface area contributed by atoms with Gasteiger partial charge in [0.2, 0.25) is 11.8 Å². The number of nitrogens with zero attached hydrogens (tertiary/aromatic N) is 3. The Kier molecular flexibility index (Phi) is 7.84. The highest BCUT2D eigenvalue weighted by molar-refractivity contribution is 6.34. The van der Waals surface area contributed by atoms with Crippen LogP contribution in [0.5, 0.6) is 5.75 Å². The molecule has 6 rings (SSSR count). The lowest BCUT2D eigenvalue weighted by molar-refractivity contribution is -0.148. The van der Waals surface area contributed by atoms with E-state index in [4.69, 9.17) is 21.1 Å². The molecule has 0 aliphatic carbocycles. The number of carbonyl (C=O) groups is 3. The summed E-state index contributed by atoms with van der Waals surface area (Å²) < 4.78 is 12.5. The van der Waals surface area contributed by atoms with Gasteiger partial charge in [0.1, 0.15) is 17.4 Å². The molecule has 44 heavy (non-hydrogen) atoms. The molecule has 0 bridgehead atoms. The summed E-state index contributed by atoms with van der Waals surface area (Å²) in [4.78, 5) is 48.7. The van der Waals surface area contributed by atoms with E-state index in [1.165, 1.54) is 4.90 Å². The molecule has 6 atom stereocenters. The predicted octanol–water partition coefficient (Wildman–Crippen LogP) is 4.29. The number of aryl methyl sites for hydroxylation is 1. The van der Waals surface area contributed by atoms with Crippen LogP contribution in [0.2, 0.25) is 5.02 Å². The van der Waals surface area contributed by atoms with Gasteiger partial charge in [-0.05, 0) is 63.1 Å². The molecule has 4 aliphatic heterocycles. The maximum absolute atomic E-state index is 14.7. The highest BCUT2D eigenvalue weighted by Gasteiger charge is 2.75. The molecular formula is C34H38ClN3O6. The first-order chi connectivity index (χ1) is 21.1. The van der Waals surface area contributed by atoms with Crippen LogP contribution < -0.4 is 14.5 Å². The van der Waals surface area contributed by atoms with Crippen LogP contribution in [0.3, 0.4) is 0 Å². The van der Waals surface area contributed by atoms with Gasteiger partial charge in [-0.15, -0.1) is 0 Å². The van der Waals surface area contributed by atoms with E-state index in [1.807, 2.05) is 82.3 Å². The minimum absolute atomic E-state index is 0.207. The number of hydrogen-bond acceptors (Lipinski definition) is 6. The van der Waals surface area contributed by atoms with Gasteiger partial charge in [0, 0.05) is 18.8 Å². The van der Waals surface area contributed by atoms with Crippen LogP contribution in [0.4, 0.5) is 11.4 Å². The Hall–Kier alpha value is -3.66. The Bertz CT molecular complexity index is 1520. The second-order valence-corrected chi connectivity index (χ2v) is 12.4. The molecular weight excluding hydrogens is 582 g/mol. The molecule has 1 spiro atoms. The van der Waals surface area contributed by atoms with Crippen molar-refractivity contribution in [2.24, 2.45) is 11.8 Å². The van der Waals surface area contributed by atoms with Crippen molar-refractivity contribution in [3.05, 3.63) is 77.4 Å². The van der Waals surface area contributed by atoms with Crippen molar-refractivity contribution in [2.45, 2.75) is 57.4 Å². The quantitative estimate of drug-likeness (QED) is 0.464. The summed E-state index contributed by atoms with van der Waals surface area (Å²) in [5.41, 5.74) is -0.568. The standard InChI is InChI=1S/C34H38ClN3O6/c1-5-22(20-39)38-29-32(42)37(28-21(3)10-7-11-25(28)35)19-9-17-34(29)27(31(38)41)26-30(40)36(18-8-16-33(26,4)44-34)23-12-14-24(15-13-23)43-6-2/h7-17,22,26-27,29,39H,5-6,18-20H2,1-4H3/t22-,26+,27-,29?,33-,34-/m0/s1. The van der Waals surface area contributed by atoms with Gasteiger partial charge in [0.15, 0.2) is 0 Å². The third kappa shape index (κ3) is 4.47. The molecule has 0 saturated carbocycles. The summed E-state index contributed by atoms with van der Waals surface area (Å²) in [5, 5.41) is 10.8. The van der Waals surface area contributed by atoms with Gasteiger partial charge in [-0.25, -0.2) is 0 Å². The number of rotatable bonds is 7. The molecule has 1 unspecified atom stereocenters. The number of benzene rings is 2. The molecule has 9 nitrogen and oxygen atoms in total. The minimum atomic E-state index is -1.44. The van der Waals surface area contributed by atoms with E-state index < -0.39 is 35.1 Å². The molecule has 4 aliphatic rings. The van der Waals surface area contributed by atoms with Gasteiger partial charge >= 0.3 is 0 Å². The smallest absolute Gasteiger partial charge is 0.253 e. The molecule has 2 fully saturated rings. The normalized spacial score (nSPS) is 30.2. The number of aliphatic hydroxyl groups is 1. The number of anilines is 2. The predicted molar refractivity (Wildman–Crippen MR) is 168 cm³/mol. The number of fused-ring (bicyclic) bond motifs is 2. The zero-order valence-electron chi connectivity index (χ0n) is 25.4. The fraction of sp³-hybridized carbons (Fsp3) is 0.441. The van der Waals surface area contributed by atoms with Crippen LogP contribution in [-0.2, 0) is 19.1 Å². The van der Waals surface area contributed by atoms with Crippen LogP contribution in [0.1, 0.15) is 32.8 Å². The first-order valence-corrected chi connectivity index (χ1v) is 15.6. The lowest BCUT2D eigenvalue weighted by atomic mass is 9.74. The Balaban J connectivity index is 1.47. The maximum Gasteiger partial charge on any atom is 0.253 e. The summed E-state index contributed by atoms with van der Waals surface area (Å²) in [5.74, 6) is -2.23. The van der Waals surface area contributed by atoms with Crippen LogP contribution in [0, 0.1) is 18.8 Å². The fourth-order valence-corrected chi connectivity index (χ4v) is 7.88. The molecule has 3 amide bonds. The molecule has 1 N–H and O–H groups in total. The number of carbonyl (C=O) groups excluding carboxylic acids is 3. The number of para-hydroxylation sites is 1. The summed E-state index contributed by atoms with van der Waals surface area (Å²) in [7, 11) is 0. The Morgan fingerprint density at radius 1 is 0.977 bits per heavy atom. The van der Waals surface area contributed by atoms with Gasteiger partial charge in [-0.3, -0.25) is 14.4 Å². The lowest BCUT2D eigenvalue weighted by Gasteiger charge is -2.40. The second-order valence-electron chi connectivity index (χ2n) is 12.0. The van der Waals surface area contributed by atoms with Crippen LogP contribution in [-0.4, -0.2) is 77.3 Å². The van der Waals surface area contributed by atoms with Gasteiger partial charge in [-0.2, -0.15) is 0 Å². The zero-order chi connectivity index (χ0) is 31.4. The topological polar surface area (TPSA) is 99.6 Å². The SMILES string of the molecule is CCOc1ccc(N2CC=C[C@]3(C)O[C@]45C=CCN(c6c(C)cccc6Cl)C(=O)C4N([C@@H](CC)CO)C(=O)[C@@H]5[C@@H]3C2=O)cc1. The van der Waals surface area contributed by atoms with E-state index >= 15 is 0 Å². The summed E-state index contributed by atoms with van der Waals surface area (Å²) in [6.07, 6.45) is 7.79. The van der Waals surface area contributed by atoms with E-state index in [2.05, 4.69) is 0 Å². The number of aliphatic hydroxyl groups excluding tert-OH is 1. The maximum atomic E-state index is 14.7. The molecule has 2 aromatic rings. The van der Waals surface area contributed by atoms with E-state index in [0.29, 0.717) is 41.7 Å². The van der Waals surface area contributed by atoms with Crippen LogP contribution in [0.15, 0.2) is 66.8 Å². The molecule has 0 aromatic heterocycles. The van der Waals surface area contributed by atoms with E-state index in [1.54, 1.807) is 21.9 Å². The van der Waals surface area contributed by atoms with Crippen molar-refractivity contribution in [1.82, 2.24) is 4.90 Å². The molecule has 232 valence electrons. The number of hydrogen-bond donors (Lipinski definition) is 1. The van der Waals surface area contributed by atoms with Crippen molar-refractivity contribution in [3.8, 4) is 5.75 Å². The average Bonchev–Trinajstić information content (AvgIpc) is 3.27. The van der Waals surface area contributed by atoms with E-state index in [0.717, 1.165) is 5.56 Å². The van der Waals surface area contributed by atoms with Gasteiger partial charge < -0.3 is 29.3 Å². The Labute approximate surface area is 262 Å². The highest BCUT2D eigenvalue weighted by atomic mass is 35.5. The Morgan fingerprint density at radius 2 is 1.68 bits per heavy atom. The average molecular weight is 620 g/mol. The third-order valence-corrected chi connectivity index (χ3v) is 9.79. The van der Waals surface area contributed by atoms with Crippen molar-refractivity contribution >= 4 is 40.7 Å². The van der Waals surface area contributed by atoms with E-state index in [-0.39, 0.29) is 30.9 Å². The number of amides is 3. The summed E-state index contributed by atoms with van der Waals surface area (Å²) >= 11 is 6.64. The summed E-state index contributed by atoms with van der Waals surface area (Å²) in [6, 6.07) is 11.0. The van der Waals surface area contributed by atoms with Gasteiger partial charge in [0.25, 0.3) is 5.91 Å². The van der Waals surface area contributed by atoms with Gasteiger partial charge in [-0.1, -0.05) is 55.0 Å². The van der Waals surface area contributed by atoms with Crippen molar-refractivity contribution in [1.29, 1.82) is 0 Å². The monoisotopic (exact) mass is 619 g/mol. The number of likely N-dealkylation sites (tertiary alicyclic amines) is 1. The molecule has 10 heteroatoms. The van der Waals surface area contributed by atoms with Crippen LogP contribution >= 0.6 is 11.6 Å². The van der Waals surface area contributed by atoms with Crippen LogP contribution in [0.25, 0.3) is 0 Å². The first-order valence-electron chi connectivity index (χ1n) is 15.2. The largest absolute Gasteiger partial charge is 0.494 e. The lowest BCUT2D eigenvalue weighted by Crippen LogP contribution is -2.59. The van der Waals surface area contributed by atoms with Crippen molar-refractivity contribution in [2.75, 3.05) is 36.1 Å². The minimum Gasteiger partial charge on any atom is -0.494 e. The summed E-state index contributed by atoms with van der Waals surface area (Å²) in [6.45, 7) is 8.16. The van der Waals surface area contributed by atoms with Crippen molar-refractivity contribution < 1.29 is 29.0 Å². The first kappa shape index (κ1) is 30.4. The highest BCUT2D eigenvalue weighted by Crippen LogP contribution is 2.58. The fourth-order valence-electron chi connectivity index (χ4n) is 7.55. The third-order valence-electron chi connectivity index (χ3n) is 9.49. The van der Waals surface area contributed by atoms with Gasteiger partial charge in [0.05, 0.1) is 47.4 Å². The molecule has 0 radical (unpaired) electrons. The second kappa shape index (κ2) is 11.4. The zero-order valence-corrected chi connectivity index (χ0v) is 26.2. The molecule has 4 heterocycles. The van der Waals surface area contributed by atoms with E-state index in [9.17, 15) is 19.5 Å². The number of halogens is 1. The number of ether oxygens (including phenoxy) is 2. The Morgan fingerprint density at radius 3 is 2.34 bits per heavy atom.